The summed E-state index contributed by atoms with van der Waals surface area (Å²) in [5, 5.41) is 6.99. The van der Waals surface area contributed by atoms with Gasteiger partial charge in [0.2, 0.25) is 0 Å². The zero-order chi connectivity index (χ0) is 9.80. The van der Waals surface area contributed by atoms with Crippen LogP contribution in [0.2, 0.25) is 0 Å². The van der Waals surface area contributed by atoms with Crippen LogP contribution in [-0.4, -0.2) is 19.1 Å². The first kappa shape index (κ1) is 10.2. The van der Waals surface area contributed by atoms with Crippen LogP contribution >= 0.6 is 22.6 Å². The van der Waals surface area contributed by atoms with E-state index in [0.717, 1.165) is 6.54 Å². The minimum Gasteiger partial charge on any atom is -0.380 e. The van der Waals surface area contributed by atoms with Gasteiger partial charge in [0.15, 0.2) is 0 Å². The molecule has 0 radical (unpaired) electrons. The molecule has 0 aromatic heterocycles. The highest BCUT2D eigenvalue weighted by Gasteiger charge is 2.12. The van der Waals surface area contributed by atoms with Crippen molar-refractivity contribution in [1.29, 1.82) is 0 Å². The molecule has 2 nitrogen and oxygen atoms in total. The Morgan fingerprint density at radius 1 is 1.36 bits per heavy atom. The molecule has 14 heavy (non-hydrogen) atoms. The van der Waals surface area contributed by atoms with Gasteiger partial charge in [-0.15, -0.1) is 0 Å². The molecule has 0 amide bonds. The number of rotatable bonds is 2. The van der Waals surface area contributed by atoms with E-state index in [9.17, 15) is 0 Å². The summed E-state index contributed by atoms with van der Waals surface area (Å²) < 4.78 is 1.30. The molecule has 2 rings (SSSR count). The highest BCUT2D eigenvalue weighted by Crippen LogP contribution is 2.19. The Morgan fingerprint density at radius 3 is 2.93 bits per heavy atom. The van der Waals surface area contributed by atoms with Crippen LogP contribution < -0.4 is 10.6 Å². The Morgan fingerprint density at radius 2 is 2.21 bits per heavy atom. The summed E-state index contributed by atoms with van der Waals surface area (Å²) in [4.78, 5) is 0. The quantitative estimate of drug-likeness (QED) is 0.820. The Labute approximate surface area is 98.6 Å². The standard InChI is InChI=1S/C11H15IN2/c12-10-5-1-2-6-11(10)14-9-4-3-7-13-8-9/h1-2,5-6,9,13-14H,3-4,7-8H2. The maximum Gasteiger partial charge on any atom is 0.0478 e. The van der Waals surface area contributed by atoms with Gasteiger partial charge >= 0.3 is 0 Å². The first-order chi connectivity index (χ1) is 6.86. The van der Waals surface area contributed by atoms with Crippen molar-refractivity contribution in [1.82, 2.24) is 5.32 Å². The average molecular weight is 302 g/mol. The molecule has 1 saturated heterocycles. The summed E-state index contributed by atoms with van der Waals surface area (Å²) in [6.45, 7) is 2.26. The molecule has 1 aliphatic heterocycles. The van der Waals surface area contributed by atoms with Gasteiger partial charge in [0.05, 0.1) is 0 Å². The van der Waals surface area contributed by atoms with Crippen molar-refractivity contribution in [3.8, 4) is 0 Å². The molecule has 0 aliphatic carbocycles. The summed E-state index contributed by atoms with van der Waals surface area (Å²) in [7, 11) is 0. The van der Waals surface area contributed by atoms with Crippen molar-refractivity contribution >= 4 is 28.3 Å². The van der Waals surface area contributed by atoms with Gasteiger partial charge < -0.3 is 10.6 Å². The van der Waals surface area contributed by atoms with Crippen LogP contribution in [0, 0.1) is 3.57 Å². The van der Waals surface area contributed by atoms with E-state index in [2.05, 4.69) is 57.5 Å². The van der Waals surface area contributed by atoms with E-state index in [1.165, 1.54) is 28.6 Å². The molecule has 0 saturated carbocycles. The Hall–Kier alpha value is -0.290. The highest BCUT2D eigenvalue weighted by atomic mass is 127. The monoisotopic (exact) mass is 302 g/mol. The fraction of sp³-hybridized carbons (Fsp3) is 0.455. The predicted molar refractivity (Wildman–Crippen MR) is 68.7 cm³/mol. The second-order valence-electron chi connectivity index (χ2n) is 3.67. The number of benzene rings is 1. The normalized spacial score (nSPS) is 21.9. The lowest BCUT2D eigenvalue weighted by atomic mass is 10.1. The molecule has 1 aromatic rings. The van der Waals surface area contributed by atoms with Crippen molar-refractivity contribution in [2.75, 3.05) is 18.4 Å². The lowest BCUT2D eigenvalue weighted by Crippen LogP contribution is -2.38. The van der Waals surface area contributed by atoms with E-state index in [-0.39, 0.29) is 0 Å². The molecule has 1 aliphatic rings. The number of hydrogen-bond acceptors (Lipinski definition) is 2. The van der Waals surface area contributed by atoms with Crippen LogP contribution in [0.25, 0.3) is 0 Å². The Balaban J connectivity index is 1.99. The van der Waals surface area contributed by atoms with Crippen molar-refractivity contribution in [2.24, 2.45) is 0 Å². The molecule has 1 heterocycles. The van der Waals surface area contributed by atoms with Crippen molar-refractivity contribution < 1.29 is 0 Å². The zero-order valence-corrected chi connectivity index (χ0v) is 10.3. The zero-order valence-electron chi connectivity index (χ0n) is 8.09. The predicted octanol–water partition coefficient (Wildman–Crippen LogP) is 2.46. The number of para-hydroxylation sites is 1. The Bertz CT molecular complexity index is 295. The second kappa shape index (κ2) is 4.98. The number of piperidine rings is 1. The molecule has 1 unspecified atom stereocenters. The molecular weight excluding hydrogens is 287 g/mol. The third kappa shape index (κ3) is 2.60. The van der Waals surface area contributed by atoms with E-state index in [4.69, 9.17) is 0 Å². The fourth-order valence-corrected chi connectivity index (χ4v) is 2.32. The van der Waals surface area contributed by atoms with Gasteiger partial charge in [0.25, 0.3) is 0 Å². The SMILES string of the molecule is Ic1ccccc1NC1CCCNC1. The molecule has 76 valence electrons. The first-order valence-electron chi connectivity index (χ1n) is 5.08. The lowest BCUT2D eigenvalue weighted by Gasteiger charge is -2.25. The maximum absolute atomic E-state index is 3.58. The van der Waals surface area contributed by atoms with Gasteiger partial charge in [-0.2, -0.15) is 0 Å². The van der Waals surface area contributed by atoms with E-state index < -0.39 is 0 Å². The third-order valence-corrected chi connectivity index (χ3v) is 3.47. The summed E-state index contributed by atoms with van der Waals surface area (Å²) in [6, 6.07) is 9.04. The summed E-state index contributed by atoms with van der Waals surface area (Å²) in [5.41, 5.74) is 1.27. The number of hydrogen-bond donors (Lipinski definition) is 2. The van der Waals surface area contributed by atoms with E-state index in [0.29, 0.717) is 6.04 Å². The van der Waals surface area contributed by atoms with Crippen molar-refractivity contribution in [2.45, 2.75) is 18.9 Å². The van der Waals surface area contributed by atoms with Gasteiger partial charge in [-0.3, -0.25) is 0 Å². The largest absolute Gasteiger partial charge is 0.380 e. The lowest BCUT2D eigenvalue weighted by molar-refractivity contribution is 0.480. The summed E-state index contributed by atoms with van der Waals surface area (Å²) in [6.07, 6.45) is 2.55. The van der Waals surface area contributed by atoms with Crippen LogP contribution in [0.4, 0.5) is 5.69 Å². The molecule has 1 atom stereocenters. The molecule has 0 spiro atoms. The van der Waals surface area contributed by atoms with Gasteiger partial charge in [0, 0.05) is 21.8 Å². The fourth-order valence-electron chi connectivity index (χ4n) is 1.77. The van der Waals surface area contributed by atoms with Crippen LogP contribution in [0.5, 0.6) is 0 Å². The number of anilines is 1. The second-order valence-corrected chi connectivity index (χ2v) is 4.83. The first-order valence-corrected chi connectivity index (χ1v) is 6.16. The molecular formula is C11H15IN2. The maximum atomic E-state index is 3.58. The summed E-state index contributed by atoms with van der Waals surface area (Å²) >= 11 is 2.37. The minimum atomic E-state index is 0.597. The van der Waals surface area contributed by atoms with Crippen LogP contribution in [0.15, 0.2) is 24.3 Å². The topological polar surface area (TPSA) is 24.1 Å². The van der Waals surface area contributed by atoms with Gasteiger partial charge in [-0.1, -0.05) is 12.1 Å². The van der Waals surface area contributed by atoms with Gasteiger partial charge in [-0.05, 0) is 54.1 Å². The molecule has 2 N–H and O–H groups in total. The number of nitrogens with one attached hydrogen (secondary N) is 2. The molecule has 1 fully saturated rings. The highest BCUT2D eigenvalue weighted by molar-refractivity contribution is 14.1. The summed E-state index contributed by atoms with van der Waals surface area (Å²) in [5.74, 6) is 0. The van der Waals surface area contributed by atoms with Gasteiger partial charge in [0.1, 0.15) is 0 Å². The number of halogens is 1. The molecule has 0 bridgehead atoms. The van der Waals surface area contributed by atoms with E-state index in [1.807, 2.05) is 0 Å². The van der Waals surface area contributed by atoms with Crippen molar-refractivity contribution in [3.05, 3.63) is 27.8 Å². The van der Waals surface area contributed by atoms with Crippen molar-refractivity contribution in [3.63, 3.8) is 0 Å². The van der Waals surface area contributed by atoms with Gasteiger partial charge in [-0.25, -0.2) is 0 Å². The molecule has 1 aromatic carbocycles. The van der Waals surface area contributed by atoms with Crippen LogP contribution in [0.3, 0.4) is 0 Å². The van der Waals surface area contributed by atoms with E-state index >= 15 is 0 Å². The third-order valence-electron chi connectivity index (χ3n) is 2.53. The smallest absolute Gasteiger partial charge is 0.0478 e. The van der Waals surface area contributed by atoms with Crippen LogP contribution in [-0.2, 0) is 0 Å². The minimum absolute atomic E-state index is 0.597. The molecule has 3 heteroatoms. The Kier molecular flexibility index (Phi) is 3.64. The average Bonchev–Trinajstić information content (AvgIpc) is 2.23. The van der Waals surface area contributed by atoms with Crippen LogP contribution in [0.1, 0.15) is 12.8 Å². The van der Waals surface area contributed by atoms with E-state index in [1.54, 1.807) is 0 Å².